The van der Waals surface area contributed by atoms with Crippen LogP contribution in [-0.2, 0) is 15.3 Å². The van der Waals surface area contributed by atoms with Gasteiger partial charge in [0.1, 0.15) is 6.04 Å². The van der Waals surface area contributed by atoms with Crippen molar-refractivity contribution in [3.8, 4) is 0 Å². The molecule has 4 nitrogen and oxygen atoms in total. The highest BCUT2D eigenvalue weighted by molar-refractivity contribution is 8.13. The van der Waals surface area contributed by atoms with Crippen molar-refractivity contribution in [3.05, 3.63) is 81.0 Å². The highest BCUT2D eigenvalue weighted by atomic mass is 35.5. The van der Waals surface area contributed by atoms with E-state index in [9.17, 15) is 4.79 Å². The number of nitrogens with one attached hydrogen (secondary N) is 1. The maximum absolute atomic E-state index is 12.5. The molecule has 1 heterocycles. The van der Waals surface area contributed by atoms with Crippen molar-refractivity contribution in [2.24, 2.45) is 4.99 Å². The number of carbonyl (C=O) groups excluding carboxylic acids is 1. The summed E-state index contributed by atoms with van der Waals surface area (Å²) >= 11 is 13.8. The SMILES string of the molecule is CCOC(=O)C1=C(C)NC(SCc2ccc(Cl)cc2Cl)=N[C@H]1c1ccccc1. The summed E-state index contributed by atoms with van der Waals surface area (Å²) in [5.74, 6) is 0.278. The quantitative estimate of drug-likeness (QED) is 0.607. The lowest BCUT2D eigenvalue weighted by Gasteiger charge is -2.25. The topological polar surface area (TPSA) is 50.7 Å². The Kier molecular flexibility index (Phi) is 7.05. The van der Waals surface area contributed by atoms with Crippen LogP contribution in [0.5, 0.6) is 0 Å². The molecule has 1 aliphatic heterocycles. The molecule has 2 aromatic carbocycles. The van der Waals surface area contributed by atoms with E-state index in [4.69, 9.17) is 32.9 Å². The molecule has 0 fully saturated rings. The van der Waals surface area contributed by atoms with Gasteiger partial charge in [0.05, 0.1) is 12.2 Å². The van der Waals surface area contributed by atoms with Crippen LogP contribution in [-0.4, -0.2) is 17.7 Å². The van der Waals surface area contributed by atoms with Crippen LogP contribution in [0.2, 0.25) is 10.0 Å². The molecule has 7 heteroatoms. The van der Waals surface area contributed by atoms with Crippen molar-refractivity contribution in [2.75, 3.05) is 6.61 Å². The number of aliphatic imine (C=N–C) groups is 1. The van der Waals surface area contributed by atoms with Gasteiger partial charge in [0.2, 0.25) is 0 Å². The van der Waals surface area contributed by atoms with Gasteiger partial charge in [-0.15, -0.1) is 0 Å². The minimum atomic E-state index is -0.412. The molecule has 2 aromatic rings. The first-order chi connectivity index (χ1) is 13.5. The number of hydrogen-bond donors (Lipinski definition) is 1. The maximum Gasteiger partial charge on any atom is 0.338 e. The van der Waals surface area contributed by atoms with Crippen molar-refractivity contribution >= 4 is 46.1 Å². The standard InChI is InChI=1S/C21H20Cl2N2O2S/c1-3-27-20(26)18-13(2)24-21(25-19(18)14-7-5-4-6-8-14)28-12-15-9-10-16(22)11-17(15)23/h4-11,19H,3,12H2,1-2H3,(H,24,25)/t19-/m0/s1. The van der Waals surface area contributed by atoms with Gasteiger partial charge in [-0.1, -0.05) is 71.4 Å². The zero-order valence-corrected chi connectivity index (χ0v) is 17.9. The van der Waals surface area contributed by atoms with Crippen LogP contribution in [0.15, 0.2) is 64.8 Å². The van der Waals surface area contributed by atoms with Crippen LogP contribution in [0.25, 0.3) is 0 Å². The number of benzene rings is 2. The third-order valence-corrected chi connectivity index (χ3v) is 5.73. The van der Waals surface area contributed by atoms with Crippen LogP contribution in [0.4, 0.5) is 0 Å². The lowest BCUT2D eigenvalue weighted by molar-refractivity contribution is -0.138. The van der Waals surface area contributed by atoms with Gasteiger partial charge in [0.15, 0.2) is 5.17 Å². The highest BCUT2D eigenvalue weighted by Crippen LogP contribution is 2.34. The molecular weight excluding hydrogens is 415 g/mol. The Labute approximate surface area is 179 Å². The van der Waals surface area contributed by atoms with Crippen molar-refractivity contribution in [1.82, 2.24) is 5.32 Å². The van der Waals surface area contributed by atoms with Gasteiger partial charge in [-0.05, 0) is 37.1 Å². The number of halogens is 2. The molecule has 0 radical (unpaired) electrons. The van der Waals surface area contributed by atoms with Crippen LogP contribution in [0.1, 0.15) is 31.0 Å². The van der Waals surface area contributed by atoms with Crippen LogP contribution >= 0.6 is 35.0 Å². The Hall–Kier alpha value is -1.95. The summed E-state index contributed by atoms with van der Waals surface area (Å²) < 4.78 is 5.25. The first kappa shape index (κ1) is 20.8. The minimum absolute atomic E-state index is 0.317. The minimum Gasteiger partial charge on any atom is -0.463 e. The summed E-state index contributed by atoms with van der Waals surface area (Å²) in [6.45, 7) is 3.98. The Balaban J connectivity index is 1.86. The smallest absolute Gasteiger partial charge is 0.338 e. The van der Waals surface area contributed by atoms with E-state index in [2.05, 4.69) is 5.32 Å². The van der Waals surface area contributed by atoms with E-state index in [1.807, 2.05) is 49.4 Å². The zero-order valence-electron chi connectivity index (χ0n) is 15.5. The normalized spacial score (nSPS) is 16.4. The molecule has 28 heavy (non-hydrogen) atoms. The number of hydrogen-bond acceptors (Lipinski definition) is 5. The average Bonchev–Trinajstić information content (AvgIpc) is 2.67. The number of esters is 1. The molecule has 0 amide bonds. The number of ether oxygens (including phenoxy) is 1. The predicted molar refractivity (Wildman–Crippen MR) is 117 cm³/mol. The molecule has 0 bridgehead atoms. The van der Waals surface area contributed by atoms with Gasteiger partial charge in [-0.3, -0.25) is 0 Å². The molecule has 0 unspecified atom stereocenters. The van der Waals surface area contributed by atoms with E-state index in [1.54, 1.807) is 13.0 Å². The number of thioether (sulfide) groups is 1. The van der Waals surface area contributed by atoms with Gasteiger partial charge >= 0.3 is 5.97 Å². The maximum atomic E-state index is 12.5. The highest BCUT2D eigenvalue weighted by Gasteiger charge is 2.30. The van der Waals surface area contributed by atoms with Gasteiger partial charge in [-0.25, -0.2) is 9.79 Å². The molecule has 1 aliphatic rings. The number of amidine groups is 1. The molecule has 0 spiro atoms. The molecule has 0 saturated carbocycles. The Morgan fingerprint density at radius 2 is 1.96 bits per heavy atom. The molecule has 146 valence electrons. The summed E-state index contributed by atoms with van der Waals surface area (Å²) in [6, 6.07) is 14.8. The molecule has 0 saturated heterocycles. The summed E-state index contributed by atoms with van der Waals surface area (Å²) in [7, 11) is 0. The Bertz CT molecular complexity index is 929. The zero-order chi connectivity index (χ0) is 20.1. The predicted octanol–water partition coefficient (Wildman–Crippen LogP) is 5.76. The largest absolute Gasteiger partial charge is 0.463 e. The van der Waals surface area contributed by atoms with Crippen molar-refractivity contribution < 1.29 is 9.53 Å². The molecule has 1 atom stereocenters. The second-order valence-corrected chi connectivity index (χ2v) is 7.96. The van der Waals surface area contributed by atoms with E-state index >= 15 is 0 Å². The number of rotatable bonds is 5. The third kappa shape index (κ3) is 4.90. The second kappa shape index (κ2) is 9.50. The molecule has 0 aliphatic carbocycles. The number of allylic oxidation sites excluding steroid dienone is 1. The van der Waals surface area contributed by atoms with Gasteiger partial charge < -0.3 is 10.1 Å². The van der Waals surface area contributed by atoms with Crippen LogP contribution in [0, 0.1) is 0 Å². The second-order valence-electron chi connectivity index (χ2n) is 6.16. The van der Waals surface area contributed by atoms with Gasteiger partial charge in [0.25, 0.3) is 0 Å². The first-order valence-corrected chi connectivity index (χ1v) is 10.6. The monoisotopic (exact) mass is 434 g/mol. The summed E-state index contributed by atoms with van der Waals surface area (Å²) in [6.07, 6.45) is 0. The fourth-order valence-electron chi connectivity index (χ4n) is 2.86. The number of carbonyl (C=O) groups is 1. The lowest BCUT2D eigenvalue weighted by atomic mass is 9.97. The average molecular weight is 435 g/mol. The molecule has 1 N–H and O–H groups in total. The van der Waals surface area contributed by atoms with E-state index < -0.39 is 6.04 Å². The van der Waals surface area contributed by atoms with Gasteiger partial charge in [0, 0.05) is 21.5 Å². The number of nitrogens with zero attached hydrogens (tertiary/aromatic N) is 1. The summed E-state index contributed by atoms with van der Waals surface area (Å²) in [5, 5.41) is 5.18. The van der Waals surface area contributed by atoms with E-state index in [-0.39, 0.29) is 5.97 Å². The molecule has 3 rings (SSSR count). The van der Waals surface area contributed by atoms with Crippen molar-refractivity contribution in [3.63, 3.8) is 0 Å². The van der Waals surface area contributed by atoms with Gasteiger partial charge in [-0.2, -0.15) is 0 Å². The fourth-order valence-corrected chi connectivity index (χ4v) is 4.36. The van der Waals surface area contributed by atoms with E-state index in [0.717, 1.165) is 22.0 Å². The Morgan fingerprint density at radius 3 is 2.64 bits per heavy atom. The van der Waals surface area contributed by atoms with E-state index in [0.29, 0.717) is 28.0 Å². The molecule has 0 aromatic heterocycles. The van der Waals surface area contributed by atoms with Crippen molar-refractivity contribution in [1.29, 1.82) is 0 Å². The Morgan fingerprint density at radius 1 is 1.21 bits per heavy atom. The third-order valence-electron chi connectivity index (χ3n) is 4.21. The van der Waals surface area contributed by atoms with Crippen LogP contribution in [0.3, 0.4) is 0 Å². The summed E-state index contributed by atoms with van der Waals surface area (Å²) in [5.41, 5.74) is 3.18. The van der Waals surface area contributed by atoms with E-state index in [1.165, 1.54) is 11.8 Å². The van der Waals surface area contributed by atoms with Crippen LogP contribution < -0.4 is 5.32 Å². The molecular formula is C21H20Cl2N2O2S. The summed E-state index contributed by atoms with van der Waals surface area (Å²) in [4.78, 5) is 17.3. The fraction of sp³-hybridized carbons (Fsp3) is 0.238. The lowest BCUT2D eigenvalue weighted by Crippen LogP contribution is -2.30. The van der Waals surface area contributed by atoms with Crippen molar-refractivity contribution in [2.45, 2.75) is 25.6 Å². The first-order valence-electron chi connectivity index (χ1n) is 8.84.